The van der Waals surface area contributed by atoms with E-state index in [0.29, 0.717) is 12.5 Å². The second-order valence-electron chi connectivity index (χ2n) is 6.99. The number of nitrogens with zero attached hydrogens (tertiary/aromatic N) is 3. The largest absolute Gasteiger partial charge is 0.298 e. The molecule has 1 aromatic rings. The fraction of sp³-hybridized carbons (Fsp3) is 0.812. The molecule has 23 heavy (non-hydrogen) atoms. The highest BCUT2D eigenvalue weighted by atomic mass is 32.2. The zero-order valence-corrected chi connectivity index (χ0v) is 15.9. The van der Waals surface area contributed by atoms with Gasteiger partial charge in [-0.25, -0.2) is 17.7 Å². The first-order valence-corrected chi connectivity index (χ1v) is 10.8. The van der Waals surface area contributed by atoms with E-state index in [0.717, 1.165) is 56.0 Å². The van der Waals surface area contributed by atoms with E-state index in [4.69, 9.17) is 0 Å². The number of rotatable bonds is 6. The van der Waals surface area contributed by atoms with Crippen LogP contribution in [0.1, 0.15) is 41.3 Å². The summed E-state index contributed by atoms with van der Waals surface area (Å²) < 4.78 is 26.1. The van der Waals surface area contributed by atoms with Gasteiger partial charge in [-0.05, 0) is 58.5 Å². The van der Waals surface area contributed by atoms with Crippen LogP contribution in [0.15, 0.2) is 0 Å². The van der Waals surface area contributed by atoms with Crippen molar-refractivity contribution in [3.63, 3.8) is 0 Å². The minimum atomic E-state index is -3.02. The molecule has 2 aliphatic rings. The van der Waals surface area contributed by atoms with Crippen molar-refractivity contribution in [2.75, 3.05) is 26.7 Å². The highest BCUT2D eigenvalue weighted by Crippen LogP contribution is 2.31. The normalized spacial score (nSPS) is 21.2. The van der Waals surface area contributed by atoms with Gasteiger partial charge in [0.05, 0.1) is 16.0 Å². The van der Waals surface area contributed by atoms with Crippen molar-refractivity contribution in [1.29, 1.82) is 0 Å². The molecular weight excluding hydrogens is 330 g/mol. The lowest BCUT2D eigenvalue weighted by Crippen LogP contribution is -2.40. The second kappa shape index (κ2) is 6.78. The maximum absolute atomic E-state index is 12.2. The van der Waals surface area contributed by atoms with E-state index >= 15 is 0 Å². The van der Waals surface area contributed by atoms with Gasteiger partial charge >= 0.3 is 0 Å². The molecule has 1 aliphatic heterocycles. The predicted octanol–water partition coefficient (Wildman–Crippen LogP) is 2.40. The highest BCUT2D eigenvalue weighted by molar-refractivity contribution is 7.90. The number of aromatic nitrogens is 1. The van der Waals surface area contributed by atoms with Crippen LogP contribution in [-0.2, 0) is 16.6 Å². The maximum Gasteiger partial charge on any atom is 0.216 e. The molecule has 130 valence electrons. The number of likely N-dealkylation sites (tertiary alicyclic amines) is 1. The summed E-state index contributed by atoms with van der Waals surface area (Å²) >= 11 is 1.79. The van der Waals surface area contributed by atoms with Crippen molar-refractivity contribution in [2.24, 2.45) is 5.92 Å². The minimum absolute atomic E-state index is 0.0925. The lowest BCUT2D eigenvalue weighted by molar-refractivity contribution is 0.167. The number of aryl methyl sites for hydroxylation is 2. The zero-order valence-electron chi connectivity index (χ0n) is 14.3. The van der Waals surface area contributed by atoms with Crippen molar-refractivity contribution in [3.8, 4) is 0 Å². The Morgan fingerprint density at radius 2 is 1.87 bits per heavy atom. The second-order valence-corrected chi connectivity index (χ2v) is 10.6. The van der Waals surface area contributed by atoms with Crippen LogP contribution in [0.3, 0.4) is 0 Å². The van der Waals surface area contributed by atoms with Gasteiger partial charge in [-0.15, -0.1) is 11.3 Å². The van der Waals surface area contributed by atoms with Gasteiger partial charge in [0.2, 0.25) is 10.0 Å². The lowest BCUT2D eigenvalue weighted by Gasteiger charge is -2.33. The van der Waals surface area contributed by atoms with E-state index < -0.39 is 10.0 Å². The quantitative estimate of drug-likeness (QED) is 0.784. The number of piperidine rings is 1. The number of hydrogen-bond donors (Lipinski definition) is 0. The fourth-order valence-corrected chi connectivity index (χ4v) is 5.98. The van der Waals surface area contributed by atoms with Gasteiger partial charge < -0.3 is 0 Å². The summed E-state index contributed by atoms with van der Waals surface area (Å²) in [4.78, 5) is 8.35. The van der Waals surface area contributed by atoms with Crippen LogP contribution in [-0.4, -0.2) is 54.5 Å². The van der Waals surface area contributed by atoms with Crippen LogP contribution < -0.4 is 0 Å². The molecule has 0 N–H and O–H groups in total. The van der Waals surface area contributed by atoms with Gasteiger partial charge in [0.15, 0.2) is 0 Å². The first-order valence-electron chi connectivity index (χ1n) is 8.46. The third-order valence-corrected chi connectivity index (χ3v) is 8.36. The van der Waals surface area contributed by atoms with E-state index in [1.54, 1.807) is 22.7 Å². The Kier molecular flexibility index (Phi) is 5.11. The average Bonchev–Trinajstić information content (AvgIpc) is 3.29. The smallest absolute Gasteiger partial charge is 0.216 e. The molecule has 0 radical (unpaired) electrons. The first kappa shape index (κ1) is 17.3. The van der Waals surface area contributed by atoms with E-state index in [2.05, 4.69) is 23.7 Å². The van der Waals surface area contributed by atoms with Crippen LogP contribution in [0.2, 0.25) is 0 Å². The molecule has 0 spiro atoms. The fourth-order valence-electron chi connectivity index (χ4n) is 3.34. The Balaban J connectivity index is 1.47. The summed E-state index contributed by atoms with van der Waals surface area (Å²) in [6.45, 7) is 7.93. The zero-order chi connectivity index (χ0) is 16.6. The SMILES string of the molecule is Cc1nc(C)c(CN2CCC(CN(C)S(=O)(=O)C3CC3)CC2)s1. The third kappa shape index (κ3) is 4.13. The Hall–Kier alpha value is -0.500. The highest BCUT2D eigenvalue weighted by Gasteiger charge is 2.39. The summed E-state index contributed by atoms with van der Waals surface area (Å²) in [5.41, 5.74) is 1.16. The molecule has 1 aromatic heterocycles. The van der Waals surface area contributed by atoms with Gasteiger partial charge in [0.25, 0.3) is 0 Å². The van der Waals surface area contributed by atoms with Crippen molar-refractivity contribution < 1.29 is 8.42 Å². The van der Waals surface area contributed by atoms with Gasteiger partial charge in [-0.1, -0.05) is 0 Å². The van der Waals surface area contributed by atoms with Crippen LogP contribution in [0.5, 0.6) is 0 Å². The summed E-state index contributed by atoms with van der Waals surface area (Å²) in [5, 5.41) is 1.05. The maximum atomic E-state index is 12.2. The van der Waals surface area contributed by atoms with Crippen molar-refractivity contribution in [2.45, 2.75) is 51.3 Å². The van der Waals surface area contributed by atoms with Gasteiger partial charge in [0.1, 0.15) is 0 Å². The molecule has 5 nitrogen and oxygen atoms in total. The van der Waals surface area contributed by atoms with Crippen LogP contribution in [0.25, 0.3) is 0 Å². The number of sulfonamides is 1. The molecule has 7 heteroatoms. The van der Waals surface area contributed by atoms with Gasteiger partial charge in [-0.3, -0.25) is 4.90 Å². The molecule has 2 heterocycles. The average molecular weight is 358 g/mol. The molecule has 0 unspecified atom stereocenters. The molecule has 0 atom stereocenters. The molecular formula is C16H27N3O2S2. The van der Waals surface area contributed by atoms with Gasteiger partial charge in [0, 0.05) is 25.0 Å². The van der Waals surface area contributed by atoms with Gasteiger partial charge in [-0.2, -0.15) is 0 Å². The number of hydrogen-bond acceptors (Lipinski definition) is 5. The Bertz CT molecular complexity index is 644. The Morgan fingerprint density at radius 3 is 2.39 bits per heavy atom. The molecule has 1 aliphatic carbocycles. The molecule has 1 saturated heterocycles. The predicted molar refractivity (Wildman–Crippen MR) is 94.2 cm³/mol. The molecule has 0 aromatic carbocycles. The monoisotopic (exact) mass is 357 g/mol. The topological polar surface area (TPSA) is 53.5 Å². The minimum Gasteiger partial charge on any atom is -0.298 e. The number of thiazole rings is 1. The summed E-state index contributed by atoms with van der Waals surface area (Å²) in [5.74, 6) is 0.495. The first-order chi connectivity index (χ1) is 10.9. The van der Waals surface area contributed by atoms with Crippen LogP contribution in [0, 0.1) is 19.8 Å². The summed E-state index contributed by atoms with van der Waals surface area (Å²) in [7, 11) is -1.26. The molecule has 0 amide bonds. The molecule has 3 rings (SSSR count). The molecule has 0 bridgehead atoms. The Labute approximate surface area is 143 Å². The van der Waals surface area contributed by atoms with Crippen molar-refractivity contribution in [3.05, 3.63) is 15.6 Å². The van der Waals surface area contributed by atoms with Crippen molar-refractivity contribution >= 4 is 21.4 Å². The molecule has 2 fully saturated rings. The standard InChI is InChI=1S/C16H27N3O2S2/c1-12-16(22-13(2)17-12)11-19-8-6-14(7-9-19)10-18(3)23(20,21)15-4-5-15/h14-15H,4-11H2,1-3H3. The van der Waals surface area contributed by atoms with Crippen LogP contribution in [0.4, 0.5) is 0 Å². The van der Waals surface area contributed by atoms with Crippen molar-refractivity contribution in [1.82, 2.24) is 14.2 Å². The summed E-state index contributed by atoms with van der Waals surface area (Å²) in [6.07, 6.45) is 3.86. The third-order valence-electron chi connectivity index (χ3n) is 4.97. The lowest BCUT2D eigenvalue weighted by atomic mass is 9.97. The van der Waals surface area contributed by atoms with Crippen LogP contribution >= 0.6 is 11.3 Å². The Morgan fingerprint density at radius 1 is 1.22 bits per heavy atom. The van der Waals surface area contributed by atoms with E-state index in [-0.39, 0.29) is 5.25 Å². The van der Waals surface area contributed by atoms with E-state index in [9.17, 15) is 8.42 Å². The van der Waals surface area contributed by atoms with E-state index in [1.165, 1.54) is 4.88 Å². The van der Waals surface area contributed by atoms with E-state index in [1.807, 2.05) is 0 Å². The molecule has 1 saturated carbocycles. The summed E-state index contributed by atoms with van der Waals surface area (Å²) in [6, 6.07) is 0.